The number of carbonyl (C=O) groups excluding carboxylic acids is 2. The maximum absolute atomic E-state index is 13.0. The van der Waals surface area contributed by atoms with Crippen LogP contribution in [0, 0.1) is 19.7 Å². The third kappa shape index (κ3) is 4.88. The molecule has 1 aliphatic heterocycles. The zero-order chi connectivity index (χ0) is 22.0. The van der Waals surface area contributed by atoms with E-state index in [0.29, 0.717) is 31.9 Å². The van der Waals surface area contributed by atoms with E-state index in [1.807, 2.05) is 0 Å². The molecule has 0 aliphatic carbocycles. The van der Waals surface area contributed by atoms with Crippen LogP contribution in [0.3, 0.4) is 0 Å². The van der Waals surface area contributed by atoms with Crippen LogP contribution in [0.1, 0.15) is 16.0 Å². The monoisotopic (exact) mass is 458 g/mol. The highest BCUT2D eigenvalue weighted by Gasteiger charge is 2.24. The molecule has 1 fully saturated rings. The number of nitrogens with zero attached hydrogens (tertiary/aromatic N) is 4. The summed E-state index contributed by atoms with van der Waals surface area (Å²) in [4.78, 5) is 39.7. The van der Waals surface area contributed by atoms with Gasteiger partial charge in [0.15, 0.2) is 0 Å². The Hall–Kier alpha value is -2.52. The minimum Gasteiger partial charge on any atom is -0.339 e. The zero-order valence-electron chi connectivity index (χ0n) is 17.4. The highest BCUT2D eigenvalue weighted by Crippen LogP contribution is 2.34. The molecule has 3 aromatic rings. The Morgan fingerprint density at radius 3 is 2.35 bits per heavy atom. The fourth-order valence-corrected chi connectivity index (χ4v) is 5.59. The summed E-state index contributed by atoms with van der Waals surface area (Å²) in [5.41, 5.74) is 1.96. The molecular weight excluding hydrogens is 435 g/mol. The standard InChI is InChI=1S/C22H23FN4O2S2/c1-14-15(2)31-22-20(14)21(24-13-25-22)30-12-19(29)27-9-7-26(8-10-27)18(28)11-16-3-5-17(23)6-4-16/h3-6,13H,7-12H2,1-2H3. The average molecular weight is 459 g/mol. The minimum absolute atomic E-state index is 0.000220. The highest BCUT2D eigenvalue weighted by atomic mass is 32.2. The van der Waals surface area contributed by atoms with Gasteiger partial charge in [0.05, 0.1) is 12.2 Å². The Morgan fingerprint density at radius 2 is 1.68 bits per heavy atom. The van der Waals surface area contributed by atoms with E-state index in [9.17, 15) is 14.0 Å². The largest absolute Gasteiger partial charge is 0.339 e. The number of thiophene rings is 1. The third-order valence-corrected chi connectivity index (χ3v) is 7.61. The van der Waals surface area contributed by atoms with Crippen molar-refractivity contribution in [2.75, 3.05) is 31.9 Å². The summed E-state index contributed by atoms with van der Waals surface area (Å²) >= 11 is 3.09. The topological polar surface area (TPSA) is 66.4 Å². The molecule has 0 bridgehead atoms. The fourth-order valence-electron chi connectivity index (χ4n) is 3.57. The van der Waals surface area contributed by atoms with Crippen LogP contribution in [-0.2, 0) is 16.0 Å². The number of hydrogen-bond acceptors (Lipinski definition) is 6. The van der Waals surface area contributed by atoms with Gasteiger partial charge in [-0.1, -0.05) is 23.9 Å². The number of benzene rings is 1. The molecule has 0 spiro atoms. The molecule has 0 N–H and O–H groups in total. The predicted octanol–water partition coefficient (Wildman–Crippen LogP) is 3.45. The van der Waals surface area contributed by atoms with Gasteiger partial charge in [-0.05, 0) is 37.1 Å². The second-order valence-electron chi connectivity index (χ2n) is 7.50. The average Bonchev–Trinajstić information content (AvgIpc) is 3.08. The Morgan fingerprint density at radius 1 is 1.03 bits per heavy atom. The summed E-state index contributed by atoms with van der Waals surface area (Å²) in [6.07, 6.45) is 1.79. The van der Waals surface area contributed by atoms with Crippen molar-refractivity contribution < 1.29 is 14.0 Å². The van der Waals surface area contributed by atoms with E-state index in [4.69, 9.17) is 0 Å². The fraction of sp³-hybridized carbons (Fsp3) is 0.364. The smallest absolute Gasteiger partial charge is 0.233 e. The lowest BCUT2D eigenvalue weighted by Crippen LogP contribution is -2.51. The van der Waals surface area contributed by atoms with Crippen molar-refractivity contribution in [3.8, 4) is 0 Å². The molecule has 2 amide bonds. The molecule has 2 aromatic heterocycles. The van der Waals surface area contributed by atoms with E-state index in [0.717, 1.165) is 20.8 Å². The number of halogens is 1. The van der Waals surface area contributed by atoms with Crippen molar-refractivity contribution in [1.29, 1.82) is 0 Å². The van der Waals surface area contributed by atoms with Crippen LogP contribution < -0.4 is 0 Å². The molecule has 9 heteroatoms. The molecule has 0 radical (unpaired) electrons. The molecular formula is C22H23FN4O2S2. The molecule has 3 heterocycles. The Bertz CT molecular complexity index is 1110. The Labute approximate surface area is 188 Å². The third-order valence-electron chi connectivity index (χ3n) is 5.52. The summed E-state index contributed by atoms with van der Waals surface area (Å²) < 4.78 is 13.0. The Kier molecular flexibility index (Phi) is 6.52. The van der Waals surface area contributed by atoms with Gasteiger partial charge < -0.3 is 9.80 Å². The van der Waals surface area contributed by atoms with Crippen molar-refractivity contribution in [2.45, 2.75) is 25.3 Å². The van der Waals surface area contributed by atoms with Crippen LogP contribution >= 0.6 is 23.1 Å². The maximum atomic E-state index is 13.0. The molecule has 162 valence electrons. The van der Waals surface area contributed by atoms with Gasteiger partial charge in [0.2, 0.25) is 11.8 Å². The quantitative estimate of drug-likeness (QED) is 0.433. The van der Waals surface area contributed by atoms with Gasteiger partial charge in [-0.3, -0.25) is 9.59 Å². The number of piperazine rings is 1. The first-order chi connectivity index (χ1) is 14.9. The molecule has 0 saturated carbocycles. The lowest BCUT2D eigenvalue weighted by molar-refractivity contribution is -0.137. The van der Waals surface area contributed by atoms with E-state index in [2.05, 4.69) is 23.8 Å². The highest BCUT2D eigenvalue weighted by molar-refractivity contribution is 8.00. The summed E-state index contributed by atoms with van der Waals surface area (Å²) in [6.45, 7) is 6.19. The summed E-state index contributed by atoms with van der Waals surface area (Å²) in [7, 11) is 0. The normalized spacial score (nSPS) is 14.3. The number of thioether (sulfide) groups is 1. The molecule has 6 nitrogen and oxygen atoms in total. The molecule has 4 rings (SSSR count). The number of rotatable bonds is 5. The van der Waals surface area contributed by atoms with Crippen LogP contribution in [0.25, 0.3) is 10.2 Å². The van der Waals surface area contributed by atoms with Gasteiger partial charge in [0, 0.05) is 36.4 Å². The number of carbonyl (C=O) groups is 2. The van der Waals surface area contributed by atoms with Gasteiger partial charge in [0.1, 0.15) is 22.0 Å². The lowest BCUT2D eigenvalue weighted by atomic mass is 10.1. The molecule has 0 unspecified atom stereocenters. The number of fused-ring (bicyclic) bond motifs is 1. The predicted molar refractivity (Wildman–Crippen MR) is 121 cm³/mol. The summed E-state index contributed by atoms with van der Waals surface area (Å²) in [5, 5.41) is 1.88. The molecule has 31 heavy (non-hydrogen) atoms. The number of aryl methyl sites for hydroxylation is 2. The number of amides is 2. The SMILES string of the molecule is Cc1sc2ncnc(SCC(=O)N3CCN(C(=O)Cc4ccc(F)cc4)CC3)c2c1C. The van der Waals surface area contributed by atoms with E-state index >= 15 is 0 Å². The van der Waals surface area contributed by atoms with Crippen LogP contribution in [0.2, 0.25) is 0 Å². The van der Waals surface area contributed by atoms with Gasteiger partial charge in [0.25, 0.3) is 0 Å². The van der Waals surface area contributed by atoms with Gasteiger partial charge in [-0.15, -0.1) is 11.3 Å². The summed E-state index contributed by atoms with van der Waals surface area (Å²) in [6, 6.07) is 5.98. The molecule has 1 aliphatic rings. The molecule has 0 atom stereocenters. The van der Waals surface area contributed by atoms with Gasteiger partial charge in [-0.25, -0.2) is 14.4 Å². The first kappa shape index (κ1) is 21.7. The second kappa shape index (κ2) is 9.32. The number of aromatic nitrogens is 2. The first-order valence-corrected chi connectivity index (χ1v) is 11.9. The molecule has 1 aromatic carbocycles. The zero-order valence-corrected chi connectivity index (χ0v) is 19.1. The van der Waals surface area contributed by atoms with E-state index in [1.54, 1.807) is 39.6 Å². The van der Waals surface area contributed by atoms with Gasteiger partial charge >= 0.3 is 0 Å². The van der Waals surface area contributed by atoms with E-state index in [-0.39, 0.29) is 24.1 Å². The van der Waals surface area contributed by atoms with Crippen molar-refractivity contribution in [3.05, 3.63) is 52.4 Å². The first-order valence-electron chi connectivity index (χ1n) is 10.1. The van der Waals surface area contributed by atoms with Crippen molar-refractivity contribution in [1.82, 2.24) is 19.8 Å². The van der Waals surface area contributed by atoms with Crippen LogP contribution in [0.5, 0.6) is 0 Å². The van der Waals surface area contributed by atoms with Crippen molar-refractivity contribution >= 4 is 45.1 Å². The van der Waals surface area contributed by atoms with Crippen LogP contribution in [-0.4, -0.2) is 63.5 Å². The minimum atomic E-state index is -0.312. The lowest BCUT2D eigenvalue weighted by Gasteiger charge is -2.34. The van der Waals surface area contributed by atoms with Crippen LogP contribution in [0.15, 0.2) is 35.6 Å². The van der Waals surface area contributed by atoms with E-state index < -0.39 is 0 Å². The van der Waals surface area contributed by atoms with Crippen molar-refractivity contribution in [3.63, 3.8) is 0 Å². The summed E-state index contributed by atoms with van der Waals surface area (Å²) in [5.74, 6) is 0.0456. The van der Waals surface area contributed by atoms with Gasteiger partial charge in [-0.2, -0.15) is 0 Å². The van der Waals surface area contributed by atoms with E-state index in [1.165, 1.54) is 34.3 Å². The molecule has 1 saturated heterocycles. The Balaban J connectivity index is 1.30. The number of hydrogen-bond donors (Lipinski definition) is 0. The maximum Gasteiger partial charge on any atom is 0.233 e. The second-order valence-corrected chi connectivity index (χ2v) is 9.66. The van der Waals surface area contributed by atoms with Crippen molar-refractivity contribution in [2.24, 2.45) is 0 Å². The van der Waals surface area contributed by atoms with Crippen LogP contribution in [0.4, 0.5) is 4.39 Å².